The molecule has 1 amide bonds. The molecule has 1 N–H and O–H groups in total. The fourth-order valence-electron chi connectivity index (χ4n) is 2.94. The average molecular weight is 336 g/mol. The molecule has 1 heterocycles. The standard InChI is InChI=1S/C20H20N2O3/c1-22-13-16(15-10-6-7-11-18(15)22)19(23)21-17(20(24)25-2)12-14-8-4-3-5-9-14/h3-11,13,17H,12H2,1-2H3,(H,21,23). The zero-order valence-electron chi connectivity index (χ0n) is 14.2. The highest BCUT2D eigenvalue weighted by Crippen LogP contribution is 2.20. The molecule has 0 saturated heterocycles. The van der Waals surface area contributed by atoms with Crippen LogP contribution in [0.1, 0.15) is 15.9 Å². The summed E-state index contributed by atoms with van der Waals surface area (Å²) in [6.07, 6.45) is 2.15. The Morgan fingerprint density at radius 3 is 2.48 bits per heavy atom. The minimum absolute atomic E-state index is 0.289. The zero-order valence-corrected chi connectivity index (χ0v) is 14.2. The second kappa shape index (κ2) is 7.21. The van der Waals surface area contributed by atoms with Gasteiger partial charge in [0.1, 0.15) is 6.04 Å². The van der Waals surface area contributed by atoms with E-state index in [0.717, 1.165) is 16.5 Å². The number of carbonyl (C=O) groups excluding carboxylic acids is 2. The predicted octanol–water partition coefficient (Wildman–Crippen LogP) is 2.69. The lowest BCUT2D eigenvalue weighted by molar-refractivity contribution is -0.142. The highest BCUT2D eigenvalue weighted by molar-refractivity contribution is 6.08. The molecule has 0 saturated carbocycles. The molecule has 0 bridgehead atoms. The summed E-state index contributed by atoms with van der Waals surface area (Å²) >= 11 is 0. The van der Waals surface area contributed by atoms with Crippen LogP contribution in [0, 0.1) is 0 Å². The Kier molecular flexibility index (Phi) is 4.84. The van der Waals surface area contributed by atoms with E-state index < -0.39 is 12.0 Å². The molecule has 0 radical (unpaired) electrons. The van der Waals surface area contributed by atoms with Gasteiger partial charge in [-0.2, -0.15) is 0 Å². The van der Waals surface area contributed by atoms with Crippen molar-refractivity contribution in [1.29, 1.82) is 0 Å². The van der Waals surface area contributed by atoms with Crippen molar-refractivity contribution in [2.75, 3.05) is 7.11 Å². The molecule has 25 heavy (non-hydrogen) atoms. The molecule has 0 aliphatic heterocycles. The first-order valence-corrected chi connectivity index (χ1v) is 8.07. The van der Waals surface area contributed by atoms with Crippen LogP contribution in [0.4, 0.5) is 0 Å². The lowest BCUT2D eigenvalue weighted by atomic mass is 10.1. The molecule has 0 fully saturated rings. The molecule has 5 nitrogen and oxygen atoms in total. The first-order valence-electron chi connectivity index (χ1n) is 8.07. The summed E-state index contributed by atoms with van der Waals surface area (Å²) in [5.74, 6) is -0.749. The Morgan fingerprint density at radius 1 is 1.08 bits per heavy atom. The van der Waals surface area contributed by atoms with Gasteiger partial charge in [-0.25, -0.2) is 4.79 Å². The maximum absolute atomic E-state index is 12.8. The van der Waals surface area contributed by atoms with Gasteiger partial charge in [-0.1, -0.05) is 48.5 Å². The van der Waals surface area contributed by atoms with Gasteiger partial charge in [-0.3, -0.25) is 4.79 Å². The average Bonchev–Trinajstić information content (AvgIpc) is 2.98. The largest absolute Gasteiger partial charge is 0.467 e. The van der Waals surface area contributed by atoms with E-state index in [1.807, 2.05) is 66.2 Å². The third kappa shape index (κ3) is 3.55. The smallest absolute Gasteiger partial charge is 0.328 e. The fraction of sp³-hybridized carbons (Fsp3) is 0.200. The van der Waals surface area contributed by atoms with Crippen molar-refractivity contribution in [3.05, 3.63) is 71.9 Å². The first kappa shape index (κ1) is 16.8. The van der Waals surface area contributed by atoms with Crippen LogP contribution in [0.5, 0.6) is 0 Å². The van der Waals surface area contributed by atoms with Crippen molar-refractivity contribution >= 4 is 22.8 Å². The summed E-state index contributed by atoms with van der Waals surface area (Å²) in [5.41, 5.74) is 2.46. The molecule has 1 atom stereocenters. The maximum atomic E-state index is 12.8. The first-order chi connectivity index (χ1) is 12.1. The highest BCUT2D eigenvalue weighted by Gasteiger charge is 2.24. The summed E-state index contributed by atoms with van der Waals surface area (Å²) < 4.78 is 6.75. The molecule has 3 rings (SSSR count). The quantitative estimate of drug-likeness (QED) is 0.729. The van der Waals surface area contributed by atoms with Gasteiger partial charge >= 0.3 is 5.97 Å². The van der Waals surface area contributed by atoms with Gasteiger partial charge < -0.3 is 14.6 Å². The molecular formula is C20H20N2O3. The van der Waals surface area contributed by atoms with E-state index in [9.17, 15) is 9.59 Å². The van der Waals surface area contributed by atoms with E-state index in [4.69, 9.17) is 4.74 Å². The number of hydrogen-bond donors (Lipinski definition) is 1. The Morgan fingerprint density at radius 2 is 1.76 bits per heavy atom. The van der Waals surface area contributed by atoms with Gasteiger partial charge in [0.2, 0.25) is 0 Å². The van der Waals surface area contributed by atoms with Crippen molar-refractivity contribution in [3.63, 3.8) is 0 Å². The van der Waals surface area contributed by atoms with Gasteiger partial charge in [-0.15, -0.1) is 0 Å². The maximum Gasteiger partial charge on any atom is 0.328 e. The molecule has 0 spiro atoms. The lowest BCUT2D eigenvalue weighted by Gasteiger charge is -2.16. The van der Waals surface area contributed by atoms with Gasteiger partial charge in [0, 0.05) is 30.6 Å². The third-order valence-corrected chi connectivity index (χ3v) is 4.22. The summed E-state index contributed by atoms with van der Waals surface area (Å²) in [4.78, 5) is 24.9. The van der Waals surface area contributed by atoms with E-state index in [-0.39, 0.29) is 5.91 Å². The number of hydrogen-bond acceptors (Lipinski definition) is 3. The Labute approximate surface area is 146 Å². The van der Waals surface area contributed by atoms with E-state index in [2.05, 4.69) is 5.32 Å². The number of methoxy groups -OCH3 is 1. The van der Waals surface area contributed by atoms with Crippen LogP contribution in [0.2, 0.25) is 0 Å². The van der Waals surface area contributed by atoms with Crippen molar-refractivity contribution in [3.8, 4) is 0 Å². The summed E-state index contributed by atoms with van der Waals surface area (Å²) in [5, 5.41) is 3.66. The molecule has 5 heteroatoms. The van der Waals surface area contributed by atoms with Gasteiger partial charge in [-0.05, 0) is 11.6 Å². The van der Waals surface area contributed by atoms with Gasteiger partial charge in [0.15, 0.2) is 0 Å². The van der Waals surface area contributed by atoms with Crippen molar-refractivity contribution < 1.29 is 14.3 Å². The molecule has 1 aromatic heterocycles. The molecular weight excluding hydrogens is 316 g/mol. The molecule has 1 unspecified atom stereocenters. The van der Waals surface area contributed by atoms with Crippen LogP contribution in [0.15, 0.2) is 60.8 Å². The summed E-state index contributed by atoms with van der Waals surface area (Å²) in [6.45, 7) is 0. The number of para-hydroxylation sites is 1. The number of ether oxygens (including phenoxy) is 1. The molecule has 0 aliphatic rings. The van der Waals surface area contributed by atoms with Crippen LogP contribution < -0.4 is 5.32 Å². The molecule has 128 valence electrons. The Bertz CT molecular complexity index is 900. The van der Waals surface area contributed by atoms with Crippen LogP contribution >= 0.6 is 0 Å². The highest BCUT2D eigenvalue weighted by atomic mass is 16.5. The third-order valence-electron chi connectivity index (χ3n) is 4.22. The summed E-state index contributed by atoms with van der Waals surface area (Å²) in [7, 11) is 3.21. The minimum atomic E-state index is -0.737. The second-order valence-corrected chi connectivity index (χ2v) is 5.91. The minimum Gasteiger partial charge on any atom is -0.467 e. The number of aryl methyl sites for hydroxylation is 1. The number of aromatic nitrogens is 1. The predicted molar refractivity (Wildman–Crippen MR) is 96.3 cm³/mol. The zero-order chi connectivity index (χ0) is 17.8. The van der Waals surface area contributed by atoms with Gasteiger partial charge in [0.25, 0.3) is 5.91 Å². The monoisotopic (exact) mass is 336 g/mol. The second-order valence-electron chi connectivity index (χ2n) is 5.91. The van der Waals surface area contributed by atoms with Crippen LogP contribution in [0.25, 0.3) is 10.9 Å². The van der Waals surface area contributed by atoms with Crippen molar-refractivity contribution in [2.24, 2.45) is 7.05 Å². The van der Waals surface area contributed by atoms with Gasteiger partial charge in [0.05, 0.1) is 12.7 Å². The Hall–Kier alpha value is -3.08. The number of nitrogens with one attached hydrogen (secondary N) is 1. The van der Waals surface area contributed by atoms with E-state index in [1.54, 1.807) is 6.20 Å². The number of benzene rings is 2. The normalized spacial score (nSPS) is 11.9. The SMILES string of the molecule is COC(=O)C(Cc1ccccc1)NC(=O)c1cn(C)c2ccccc12. The number of carbonyl (C=O) groups is 2. The van der Waals surface area contributed by atoms with Crippen LogP contribution in [-0.2, 0) is 23.0 Å². The van der Waals surface area contributed by atoms with Crippen molar-refractivity contribution in [1.82, 2.24) is 9.88 Å². The molecule has 2 aromatic carbocycles. The van der Waals surface area contributed by atoms with E-state index >= 15 is 0 Å². The number of nitrogens with zero attached hydrogens (tertiary/aromatic N) is 1. The molecule has 3 aromatic rings. The summed E-state index contributed by atoms with van der Waals surface area (Å²) in [6, 6.07) is 16.5. The molecule has 0 aliphatic carbocycles. The van der Waals surface area contributed by atoms with Crippen molar-refractivity contribution in [2.45, 2.75) is 12.5 Å². The fourth-order valence-corrected chi connectivity index (χ4v) is 2.94. The van der Waals surface area contributed by atoms with E-state index in [1.165, 1.54) is 7.11 Å². The number of esters is 1. The number of amides is 1. The van der Waals surface area contributed by atoms with Crippen LogP contribution in [0.3, 0.4) is 0 Å². The topological polar surface area (TPSA) is 60.3 Å². The van der Waals surface area contributed by atoms with E-state index in [0.29, 0.717) is 12.0 Å². The van der Waals surface area contributed by atoms with Crippen LogP contribution in [-0.4, -0.2) is 29.6 Å². The number of fused-ring (bicyclic) bond motifs is 1. The number of rotatable bonds is 5. The Balaban J connectivity index is 1.85. The lowest BCUT2D eigenvalue weighted by Crippen LogP contribution is -2.43.